The van der Waals surface area contributed by atoms with Crippen molar-refractivity contribution in [2.45, 2.75) is 38.4 Å². The van der Waals surface area contributed by atoms with E-state index in [9.17, 15) is 14.4 Å². The third kappa shape index (κ3) is 8.26. The van der Waals surface area contributed by atoms with Gasteiger partial charge in [-0.3, -0.25) is 19.1 Å². The Kier molecular flexibility index (Phi) is 10.4. The number of aromatic nitrogens is 4. The van der Waals surface area contributed by atoms with Crippen LogP contribution in [0.1, 0.15) is 45.0 Å². The number of hydrogen-bond donors (Lipinski definition) is 2. The number of nitrogens with one attached hydrogen (secondary N) is 2. The average Bonchev–Trinajstić information content (AvgIpc) is 3.79. The zero-order chi connectivity index (χ0) is 33.3. The van der Waals surface area contributed by atoms with Crippen LogP contribution >= 0.6 is 11.6 Å². The van der Waals surface area contributed by atoms with Crippen LogP contribution in [0.3, 0.4) is 0 Å². The molecule has 2 N–H and O–H groups in total. The van der Waals surface area contributed by atoms with E-state index >= 15 is 0 Å². The molecule has 2 aliphatic rings. The minimum atomic E-state index is -0.859. The largest absolute Gasteiger partial charge is 0.492 e. The average molecular weight is 668 g/mol. The number of hydrogen-bond acceptors (Lipinski definition) is 8. The van der Waals surface area contributed by atoms with E-state index in [-0.39, 0.29) is 48.7 Å². The van der Waals surface area contributed by atoms with Crippen LogP contribution in [0.5, 0.6) is 5.75 Å². The fraction of sp³-hybridized carbons (Fsp3) is 0.257. The summed E-state index contributed by atoms with van der Waals surface area (Å²) < 4.78 is 13.0. The summed E-state index contributed by atoms with van der Waals surface area (Å²) in [7, 11) is 0. The fourth-order valence-electron chi connectivity index (χ4n) is 5.32. The SMILES string of the molecule is O=C1N[C@@H](Cc2ccccc2)C(=O)NCCCN(C(=O)c2cc(-c3ccccc3)no2)Cc2cn(nn2)CCCOc2ccc1cc2Cl. The molecule has 5 aromatic rings. The van der Waals surface area contributed by atoms with E-state index in [1.165, 1.54) is 6.07 Å². The summed E-state index contributed by atoms with van der Waals surface area (Å²) >= 11 is 6.46. The number of aryl methyl sites for hydroxylation is 1. The van der Waals surface area contributed by atoms with Crippen molar-refractivity contribution in [1.82, 2.24) is 35.7 Å². The molecule has 0 unspecified atom stereocenters. The van der Waals surface area contributed by atoms with E-state index < -0.39 is 11.9 Å². The molecule has 246 valence electrons. The van der Waals surface area contributed by atoms with Crippen LogP contribution in [0, 0.1) is 0 Å². The molecular weight excluding hydrogens is 634 g/mol. The molecule has 4 bridgehead atoms. The van der Waals surface area contributed by atoms with Gasteiger partial charge in [-0.2, -0.15) is 0 Å². The first kappa shape index (κ1) is 32.5. The van der Waals surface area contributed by atoms with Crippen LogP contribution in [0.2, 0.25) is 5.02 Å². The molecule has 3 amide bonds. The Bertz CT molecular complexity index is 1860. The zero-order valence-corrected chi connectivity index (χ0v) is 26.8. The standard InChI is InChI=1S/C35H34ClN7O5/c36-28-20-26-13-14-31(28)47-18-8-17-43-23-27(39-41-43)22-42(35(46)32-21-29(40-48-32)25-11-5-2-6-12-25)16-7-15-37-34(45)30(38-33(26)44)19-24-9-3-1-4-10-24/h1-6,9-14,20-21,23,30H,7-8,15-19,22H2,(H,37,45)(H,38,44)/t30-/m0/s1. The molecule has 1 atom stereocenters. The van der Waals surface area contributed by atoms with Gasteiger partial charge in [-0.15, -0.1) is 5.10 Å². The second-order valence-electron chi connectivity index (χ2n) is 11.3. The molecule has 0 fully saturated rings. The third-order valence-electron chi connectivity index (χ3n) is 7.81. The number of amides is 3. The van der Waals surface area contributed by atoms with Crippen molar-refractivity contribution in [3.05, 3.63) is 119 Å². The molecular formula is C35H34ClN7O5. The summed E-state index contributed by atoms with van der Waals surface area (Å²) in [6, 6.07) is 24.4. The highest BCUT2D eigenvalue weighted by Crippen LogP contribution is 2.26. The maximum Gasteiger partial charge on any atom is 0.292 e. The van der Waals surface area contributed by atoms with Crippen molar-refractivity contribution in [3.8, 4) is 17.0 Å². The molecule has 2 aliphatic heterocycles. The van der Waals surface area contributed by atoms with Crippen molar-refractivity contribution in [3.63, 3.8) is 0 Å². The van der Waals surface area contributed by atoms with E-state index in [1.807, 2.05) is 60.7 Å². The fourth-order valence-corrected chi connectivity index (χ4v) is 5.55. The van der Waals surface area contributed by atoms with E-state index in [4.69, 9.17) is 20.9 Å². The number of nitrogens with zero attached hydrogens (tertiary/aromatic N) is 5. The molecule has 12 nitrogen and oxygen atoms in total. The normalized spacial score (nSPS) is 16.4. The van der Waals surface area contributed by atoms with Crippen molar-refractivity contribution in [2.75, 3.05) is 19.7 Å². The number of carbonyl (C=O) groups is 3. The highest BCUT2D eigenvalue weighted by atomic mass is 35.5. The first-order valence-corrected chi connectivity index (χ1v) is 16.1. The molecule has 0 radical (unpaired) electrons. The van der Waals surface area contributed by atoms with Crippen LogP contribution in [-0.4, -0.2) is 68.5 Å². The van der Waals surface area contributed by atoms with E-state index in [0.717, 1.165) is 11.1 Å². The Labute approximate surface area is 282 Å². The lowest BCUT2D eigenvalue weighted by Crippen LogP contribution is -2.48. The van der Waals surface area contributed by atoms with Crippen LogP contribution < -0.4 is 15.4 Å². The van der Waals surface area contributed by atoms with Gasteiger partial charge in [0, 0.05) is 49.7 Å². The van der Waals surface area contributed by atoms with E-state index in [1.54, 1.807) is 34.0 Å². The molecule has 3 aromatic carbocycles. The van der Waals surface area contributed by atoms with Gasteiger partial charge in [0.1, 0.15) is 23.2 Å². The van der Waals surface area contributed by atoms with Gasteiger partial charge < -0.3 is 24.8 Å². The molecule has 13 heteroatoms. The lowest BCUT2D eigenvalue weighted by molar-refractivity contribution is -0.122. The van der Waals surface area contributed by atoms with Crippen molar-refractivity contribution in [2.24, 2.45) is 0 Å². The van der Waals surface area contributed by atoms with Crippen LogP contribution in [0.25, 0.3) is 11.3 Å². The lowest BCUT2D eigenvalue weighted by atomic mass is 10.0. The molecule has 7 rings (SSSR count). The van der Waals surface area contributed by atoms with Crippen LogP contribution in [0.4, 0.5) is 0 Å². The summed E-state index contributed by atoms with van der Waals surface area (Å²) in [5.41, 5.74) is 3.15. The zero-order valence-electron chi connectivity index (χ0n) is 26.0. The van der Waals surface area contributed by atoms with Crippen LogP contribution in [-0.2, 0) is 24.3 Å². The first-order chi connectivity index (χ1) is 23.4. The van der Waals surface area contributed by atoms with Crippen molar-refractivity contribution < 1.29 is 23.6 Å². The monoisotopic (exact) mass is 667 g/mol. The minimum absolute atomic E-state index is 0.0871. The highest BCUT2D eigenvalue weighted by Gasteiger charge is 2.25. The molecule has 0 saturated carbocycles. The van der Waals surface area contributed by atoms with Gasteiger partial charge in [0.15, 0.2) is 0 Å². The summed E-state index contributed by atoms with van der Waals surface area (Å²) in [5, 5.41) is 18.7. The van der Waals surface area contributed by atoms with E-state index in [0.29, 0.717) is 48.7 Å². The van der Waals surface area contributed by atoms with Crippen molar-refractivity contribution in [1.29, 1.82) is 0 Å². The smallest absolute Gasteiger partial charge is 0.292 e. The van der Waals surface area contributed by atoms with Gasteiger partial charge in [-0.25, -0.2) is 0 Å². The lowest BCUT2D eigenvalue weighted by Gasteiger charge is -2.22. The van der Waals surface area contributed by atoms with Gasteiger partial charge in [0.2, 0.25) is 11.7 Å². The summed E-state index contributed by atoms with van der Waals surface area (Å²) in [4.78, 5) is 42.0. The van der Waals surface area contributed by atoms with E-state index in [2.05, 4.69) is 26.1 Å². The van der Waals surface area contributed by atoms with Crippen LogP contribution in [0.15, 0.2) is 95.6 Å². The molecule has 0 saturated heterocycles. The topological polar surface area (TPSA) is 144 Å². The molecule has 0 spiro atoms. The first-order valence-electron chi connectivity index (χ1n) is 15.7. The molecule has 4 heterocycles. The number of benzene rings is 3. The second-order valence-corrected chi connectivity index (χ2v) is 11.8. The Hall–Kier alpha value is -5.49. The highest BCUT2D eigenvalue weighted by molar-refractivity contribution is 6.32. The van der Waals surface area contributed by atoms with Gasteiger partial charge in [-0.1, -0.05) is 82.6 Å². The molecule has 48 heavy (non-hydrogen) atoms. The third-order valence-corrected chi connectivity index (χ3v) is 8.10. The minimum Gasteiger partial charge on any atom is -0.492 e. The maximum absolute atomic E-state index is 13.7. The second kappa shape index (κ2) is 15.4. The predicted octanol–water partition coefficient (Wildman–Crippen LogP) is 4.56. The summed E-state index contributed by atoms with van der Waals surface area (Å²) in [6.45, 7) is 1.57. The predicted molar refractivity (Wildman–Crippen MR) is 177 cm³/mol. The summed E-state index contributed by atoms with van der Waals surface area (Å²) in [5.74, 6) is -0.635. The van der Waals surface area contributed by atoms with Gasteiger partial charge in [-0.05, 0) is 30.2 Å². The Morgan fingerprint density at radius 2 is 1.73 bits per heavy atom. The van der Waals surface area contributed by atoms with Gasteiger partial charge >= 0.3 is 0 Å². The number of halogens is 1. The Morgan fingerprint density at radius 3 is 2.52 bits per heavy atom. The maximum atomic E-state index is 13.7. The number of carbonyl (C=O) groups excluding carboxylic acids is 3. The van der Waals surface area contributed by atoms with Gasteiger partial charge in [0.05, 0.1) is 24.4 Å². The number of rotatable bonds is 4. The molecule has 0 aliphatic carbocycles. The summed E-state index contributed by atoms with van der Waals surface area (Å²) in [6.07, 6.45) is 3.10. The van der Waals surface area contributed by atoms with Gasteiger partial charge in [0.25, 0.3) is 11.8 Å². The quantitative estimate of drug-likeness (QED) is 0.284. The Morgan fingerprint density at radius 1 is 0.938 bits per heavy atom. The number of ether oxygens (including phenoxy) is 1. The molecule has 2 aromatic heterocycles. The number of fused-ring (bicyclic) bond motifs is 14. The van der Waals surface area contributed by atoms with Crippen molar-refractivity contribution >= 4 is 29.3 Å². The Balaban J connectivity index is 1.22.